The van der Waals surface area contributed by atoms with Gasteiger partial charge in [0.05, 0.1) is 82.0 Å². The first-order valence-electron chi connectivity index (χ1n) is 16.0. The summed E-state index contributed by atoms with van der Waals surface area (Å²) in [6.45, 7) is 4.66. The van der Waals surface area contributed by atoms with Gasteiger partial charge in [-0.2, -0.15) is 0 Å². The number of carbonyl (C=O) groups is 1. The van der Waals surface area contributed by atoms with E-state index in [0.29, 0.717) is 66.0 Å². The summed E-state index contributed by atoms with van der Waals surface area (Å²) < 4.78 is 33.1. The number of fused-ring (bicyclic) bond motifs is 3. The van der Waals surface area contributed by atoms with Crippen LogP contribution in [0.25, 0.3) is 11.1 Å². The Balaban J connectivity index is 0.923. The van der Waals surface area contributed by atoms with E-state index in [9.17, 15) is 25.0 Å². The summed E-state index contributed by atoms with van der Waals surface area (Å²) in [5.74, 6) is 0.0190. The van der Waals surface area contributed by atoms with Gasteiger partial charge in [-0.05, 0) is 28.3 Å². The van der Waals surface area contributed by atoms with E-state index in [1.807, 2.05) is 24.3 Å². The van der Waals surface area contributed by atoms with E-state index in [1.165, 1.54) is 39.3 Å². The molecule has 0 atom stereocenters. The van der Waals surface area contributed by atoms with E-state index < -0.39 is 9.85 Å². The number of nitrogens with zero attached hydrogens (tertiary/aromatic N) is 3. The first kappa shape index (κ1) is 37.2. The zero-order chi connectivity index (χ0) is 34.8. The van der Waals surface area contributed by atoms with E-state index in [1.54, 1.807) is 7.05 Å². The summed E-state index contributed by atoms with van der Waals surface area (Å²) >= 11 is 0. The molecule has 0 saturated heterocycles. The molecule has 15 heteroatoms. The number of rotatable bonds is 23. The summed E-state index contributed by atoms with van der Waals surface area (Å²) in [4.78, 5) is 34.7. The van der Waals surface area contributed by atoms with Gasteiger partial charge in [0.1, 0.15) is 12.3 Å². The van der Waals surface area contributed by atoms with E-state index in [2.05, 4.69) is 29.6 Å². The predicted molar refractivity (Wildman–Crippen MR) is 180 cm³/mol. The molecule has 1 N–H and O–H groups in total. The number of anilines is 1. The number of nitro benzene ring substituents is 2. The number of nitrogens with one attached hydrogen (secondary N) is 1. The lowest BCUT2D eigenvalue weighted by Crippen LogP contribution is -2.32. The van der Waals surface area contributed by atoms with Crippen molar-refractivity contribution in [3.8, 4) is 11.1 Å². The van der Waals surface area contributed by atoms with Crippen LogP contribution in [0.1, 0.15) is 17.0 Å². The van der Waals surface area contributed by atoms with Crippen molar-refractivity contribution in [2.45, 2.75) is 5.92 Å². The Morgan fingerprint density at radius 1 is 0.714 bits per heavy atom. The molecule has 1 amide bonds. The zero-order valence-corrected chi connectivity index (χ0v) is 27.5. The number of non-ortho nitro benzene ring substituents is 1. The molecular formula is C34H42N4O11. The molecule has 0 aromatic heterocycles. The number of nitro groups is 2. The number of likely N-dealkylation sites (N-methyl/N-ethyl adjacent to an activating group) is 1. The molecule has 1 aliphatic rings. The highest BCUT2D eigenvalue weighted by molar-refractivity contribution is 5.79. The molecule has 0 bridgehead atoms. The van der Waals surface area contributed by atoms with Gasteiger partial charge < -0.3 is 38.6 Å². The third-order valence-electron chi connectivity index (χ3n) is 7.66. The topological polar surface area (TPSA) is 174 Å². The molecule has 0 saturated carbocycles. The number of hydrogen-bond acceptors (Lipinski definition) is 12. The van der Waals surface area contributed by atoms with E-state index in [-0.39, 0.29) is 48.8 Å². The van der Waals surface area contributed by atoms with Crippen LogP contribution < -0.4 is 5.32 Å². The van der Waals surface area contributed by atoms with Gasteiger partial charge in [0.25, 0.3) is 11.4 Å². The SMILES string of the molecule is CN(CCOCCOCCOCCOCCOCCNc1ccc([N+](=O)[O-])cc1[N+](=O)[O-])C(=O)OCC1c2ccccc2-c2ccccc21. The van der Waals surface area contributed by atoms with E-state index >= 15 is 0 Å². The molecule has 4 rings (SSSR count). The van der Waals surface area contributed by atoms with Gasteiger partial charge >= 0.3 is 6.09 Å². The van der Waals surface area contributed by atoms with Crippen LogP contribution in [-0.4, -0.2) is 114 Å². The average molecular weight is 683 g/mol. The molecule has 3 aromatic rings. The van der Waals surface area contributed by atoms with Gasteiger partial charge in [0, 0.05) is 32.1 Å². The van der Waals surface area contributed by atoms with Crippen LogP contribution in [0.5, 0.6) is 0 Å². The number of hydrogen-bond donors (Lipinski definition) is 1. The van der Waals surface area contributed by atoms with Crippen molar-refractivity contribution in [1.82, 2.24) is 4.90 Å². The summed E-state index contributed by atoms with van der Waals surface area (Å²) in [5, 5.41) is 24.8. The molecule has 264 valence electrons. The molecule has 0 fully saturated rings. The maximum Gasteiger partial charge on any atom is 0.409 e. The predicted octanol–water partition coefficient (Wildman–Crippen LogP) is 4.88. The summed E-state index contributed by atoms with van der Waals surface area (Å²) in [6, 6.07) is 19.9. The molecule has 15 nitrogen and oxygen atoms in total. The standard InChI is InChI=1S/C34H42N4O11/c1-36(34(39)49-25-31-29-8-4-2-6-27(29)28-7-3-5-9-30(28)31)13-15-45-17-19-47-21-23-48-22-20-46-18-16-44-14-12-35-32-11-10-26(37(40)41)24-33(32)38(42)43/h2-11,24,31,35H,12-23,25H2,1H3. The number of carbonyl (C=O) groups excluding carboxylic acids is 1. The Kier molecular flexibility index (Phi) is 15.2. The Morgan fingerprint density at radius 3 is 1.76 bits per heavy atom. The lowest BCUT2D eigenvalue weighted by Gasteiger charge is -2.19. The van der Waals surface area contributed by atoms with Crippen molar-refractivity contribution in [2.75, 3.05) is 98.1 Å². The first-order valence-corrected chi connectivity index (χ1v) is 16.0. The molecule has 0 spiro atoms. The van der Waals surface area contributed by atoms with Gasteiger partial charge in [-0.3, -0.25) is 20.2 Å². The van der Waals surface area contributed by atoms with Gasteiger partial charge in [-0.15, -0.1) is 0 Å². The highest BCUT2D eigenvalue weighted by atomic mass is 16.6. The number of amides is 1. The van der Waals surface area contributed by atoms with Crippen LogP contribution in [0.3, 0.4) is 0 Å². The van der Waals surface area contributed by atoms with Crippen molar-refractivity contribution in [3.63, 3.8) is 0 Å². The van der Waals surface area contributed by atoms with Crippen LogP contribution in [0.15, 0.2) is 66.7 Å². The van der Waals surface area contributed by atoms with Crippen molar-refractivity contribution in [1.29, 1.82) is 0 Å². The van der Waals surface area contributed by atoms with Gasteiger partial charge in [0.15, 0.2) is 0 Å². The van der Waals surface area contributed by atoms with E-state index in [0.717, 1.165) is 6.07 Å². The molecular weight excluding hydrogens is 640 g/mol. The van der Waals surface area contributed by atoms with Crippen LogP contribution in [0.2, 0.25) is 0 Å². The second-order valence-corrected chi connectivity index (χ2v) is 10.9. The normalized spacial score (nSPS) is 11.9. The maximum atomic E-state index is 12.6. The fraction of sp³-hybridized carbons (Fsp3) is 0.441. The highest BCUT2D eigenvalue weighted by Crippen LogP contribution is 2.44. The Labute approximate surface area is 284 Å². The van der Waals surface area contributed by atoms with Gasteiger partial charge in [0.2, 0.25) is 0 Å². The Hall–Kier alpha value is -4.67. The third kappa shape index (κ3) is 11.5. The minimum Gasteiger partial charge on any atom is -0.448 e. The Bertz CT molecular complexity index is 1480. The summed E-state index contributed by atoms with van der Waals surface area (Å²) in [5.41, 5.74) is 4.19. The molecule has 3 aromatic carbocycles. The quantitative estimate of drug-likeness (QED) is 0.0817. The van der Waals surface area contributed by atoms with Crippen molar-refractivity contribution < 1.29 is 43.1 Å². The minimum atomic E-state index is -0.683. The van der Waals surface area contributed by atoms with Crippen molar-refractivity contribution in [3.05, 3.63) is 98.1 Å². The van der Waals surface area contributed by atoms with Crippen LogP contribution in [-0.2, 0) is 28.4 Å². The van der Waals surface area contributed by atoms with Gasteiger partial charge in [-0.1, -0.05) is 48.5 Å². The lowest BCUT2D eigenvalue weighted by atomic mass is 9.98. The van der Waals surface area contributed by atoms with Crippen molar-refractivity contribution in [2.24, 2.45) is 0 Å². The monoisotopic (exact) mass is 682 g/mol. The Morgan fingerprint density at radius 2 is 1.22 bits per heavy atom. The lowest BCUT2D eigenvalue weighted by molar-refractivity contribution is -0.393. The van der Waals surface area contributed by atoms with Crippen LogP contribution >= 0.6 is 0 Å². The number of ether oxygens (including phenoxy) is 6. The molecule has 0 radical (unpaired) electrons. The largest absolute Gasteiger partial charge is 0.448 e. The summed E-state index contributed by atoms with van der Waals surface area (Å²) in [6.07, 6.45) is -0.389. The van der Waals surface area contributed by atoms with E-state index in [4.69, 9.17) is 28.4 Å². The first-order chi connectivity index (χ1) is 23.9. The van der Waals surface area contributed by atoms with Crippen LogP contribution in [0.4, 0.5) is 21.9 Å². The molecule has 0 heterocycles. The average Bonchev–Trinajstić information content (AvgIpc) is 3.43. The zero-order valence-electron chi connectivity index (χ0n) is 27.5. The van der Waals surface area contributed by atoms with Crippen molar-refractivity contribution >= 4 is 23.2 Å². The second kappa shape index (κ2) is 20.0. The van der Waals surface area contributed by atoms with Gasteiger partial charge in [-0.25, -0.2) is 4.79 Å². The minimum absolute atomic E-state index is 0.0190. The third-order valence-corrected chi connectivity index (χ3v) is 7.66. The molecule has 0 unspecified atom stereocenters. The second-order valence-electron chi connectivity index (χ2n) is 10.9. The summed E-state index contributed by atoms with van der Waals surface area (Å²) in [7, 11) is 1.69. The molecule has 1 aliphatic carbocycles. The molecule has 49 heavy (non-hydrogen) atoms. The fourth-order valence-electron chi connectivity index (χ4n) is 5.17. The number of benzene rings is 3. The maximum absolute atomic E-state index is 12.6. The highest BCUT2D eigenvalue weighted by Gasteiger charge is 2.29. The van der Waals surface area contributed by atoms with Crippen LogP contribution in [0, 0.1) is 20.2 Å². The fourth-order valence-corrected chi connectivity index (χ4v) is 5.17. The smallest absolute Gasteiger partial charge is 0.409 e. The molecule has 0 aliphatic heterocycles.